The Balaban J connectivity index is 1.33. The predicted octanol–water partition coefficient (Wildman–Crippen LogP) is 2.09. The standard InChI is InChI=1S/C17H21NO2/c19-9-11-3-1-10(2-4-11)8-18-17(20)16-14-12-5-6-13(7-12)15(14)16/h1-4,12-16,19H,5-9H2,(H,18,20). The van der Waals surface area contributed by atoms with Crippen molar-refractivity contribution >= 4 is 5.91 Å². The van der Waals surface area contributed by atoms with Crippen LogP contribution >= 0.6 is 0 Å². The second-order valence-electron chi connectivity index (χ2n) is 6.71. The van der Waals surface area contributed by atoms with E-state index < -0.39 is 0 Å². The highest BCUT2D eigenvalue weighted by atomic mass is 16.3. The summed E-state index contributed by atoms with van der Waals surface area (Å²) < 4.78 is 0. The first-order chi connectivity index (χ1) is 9.78. The number of aliphatic hydroxyl groups excluding tert-OH is 1. The Kier molecular flexibility index (Phi) is 2.84. The average Bonchev–Trinajstić information content (AvgIpc) is 2.93. The zero-order chi connectivity index (χ0) is 13.7. The molecule has 4 rings (SSSR count). The molecule has 0 aromatic heterocycles. The molecule has 3 fully saturated rings. The largest absolute Gasteiger partial charge is 0.392 e. The number of aliphatic hydroxyl groups is 1. The first-order valence-electron chi connectivity index (χ1n) is 7.74. The molecule has 0 saturated heterocycles. The van der Waals surface area contributed by atoms with Gasteiger partial charge in [0.2, 0.25) is 5.91 Å². The second-order valence-corrected chi connectivity index (χ2v) is 6.71. The molecule has 0 aliphatic heterocycles. The van der Waals surface area contributed by atoms with Gasteiger partial charge in [0.15, 0.2) is 0 Å². The zero-order valence-corrected chi connectivity index (χ0v) is 11.6. The molecule has 20 heavy (non-hydrogen) atoms. The number of fused-ring (bicyclic) bond motifs is 5. The van der Waals surface area contributed by atoms with Gasteiger partial charge in [0, 0.05) is 12.5 Å². The SMILES string of the molecule is O=C(NCc1ccc(CO)cc1)C1C2C3CCC(C3)C12. The van der Waals surface area contributed by atoms with Crippen molar-refractivity contribution in [1.82, 2.24) is 5.32 Å². The van der Waals surface area contributed by atoms with E-state index in [4.69, 9.17) is 5.11 Å². The Morgan fingerprint density at radius 3 is 2.30 bits per heavy atom. The van der Waals surface area contributed by atoms with E-state index in [1.807, 2.05) is 24.3 Å². The molecule has 1 amide bonds. The molecule has 3 heteroatoms. The maximum absolute atomic E-state index is 12.3. The molecule has 0 heterocycles. The molecule has 3 nitrogen and oxygen atoms in total. The summed E-state index contributed by atoms with van der Waals surface area (Å²) in [7, 11) is 0. The third kappa shape index (κ3) is 1.87. The molecule has 0 radical (unpaired) electrons. The molecule has 2 bridgehead atoms. The number of benzene rings is 1. The normalized spacial score (nSPS) is 36.8. The fourth-order valence-corrected chi connectivity index (χ4v) is 4.75. The topological polar surface area (TPSA) is 49.3 Å². The van der Waals surface area contributed by atoms with Crippen molar-refractivity contribution in [2.24, 2.45) is 29.6 Å². The van der Waals surface area contributed by atoms with Crippen molar-refractivity contribution in [3.05, 3.63) is 35.4 Å². The lowest BCUT2D eigenvalue weighted by Crippen LogP contribution is -2.27. The van der Waals surface area contributed by atoms with E-state index >= 15 is 0 Å². The van der Waals surface area contributed by atoms with Gasteiger partial charge in [-0.3, -0.25) is 4.79 Å². The van der Waals surface area contributed by atoms with Crippen LogP contribution in [0.5, 0.6) is 0 Å². The van der Waals surface area contributed by atoms with Crippen LogP contribution in [-0.2, 0) is 17.9 Å². The fraction of sp³-hybridized carbons (Fsp3) is 0.588. The van der Waals surface area contributed by atoms with Gasteiger partial charge in [-0.25, -0.2) is 0 Å². The number of amides is 1. The third-order valence-electron chi connectivity index (χ3n) is 5.71. The van der Waals surface area contributed by atoms with Crippen molar-refractivity contribution in [3.63, 3.8) is 0 Å². The van der Waals surface area contributed by atoms with Gasteiger partial charge in [0.1, 0.15) is 0 Å². The zero-order valence-electron chi connectivity index (χ0n) is 11.6. The Morgan fingerprint density at radius 1 is 1.10 bits per heavy atom. The van der Waals surface area contributed by atoms with Gasteiger partial charge in [-0.05, 0) is 54.1 Å². The maximum Gasteiger partial charge on any atom is 0.223 e. The number of hydrogen-bond acceptors (Lipinski definition) is 2. The van der Waals surface area contributed by atoms with E-state index in [1.54, 1.807) is 0 Å². The van der Waals surface area contributed by atoms with Crippen LogP contribution < -0.4 is 5.32 Å². The van der Waals surface area contributed by atoms with Crippen LogP contribution in [0.15, 0.2) is 24.3 Å². The van der Waals surface area contributed by atoms with E-state index in [-0.39, 0.29) is 12.5 Å². The Labute approximate surface area is 119 Å². The summed E-state index contributed by atoms with van der Waals surface area (Å²) in [4.78, 5) is 12.3. The van der Waals surface area contributed by atoms with Crippen LogP contribution in [0, 0.1) is 29.6 Å². The summed E-state index contributed by atoms with van der Waals surface area (Å²) in [6.45, 7) is 0.677. The quantitative estimate of drug-likeness (QED) is 0.881. The first-order valence-corrected chi connectivity index (χ1v) is 7.74. The summed E-state index contributed by atoms with van der Waals surface area (Å²) >= 11 is 0. The van der Waals surface area contributed by atoms with Crippen molar-refractivity contribution in [2.75, 3.05) is 0 Å². The van der Waals surface area contributed by atoms with Crippen molar-refractivity contribution in [2.45, 2.75) is 32.4 Å². The molecular weight excluding hydrogens is 250 g/mol. The van der Waals surface area contributed by atoms with Crippen molar-refractivity contribution < 1.29 is 9.90 Å². The molecular formula is C17H21NO2. The number of nitrogens with one attached hydrogen (secondary N) is 1. The minimum Gasteiger partial charge on any atom is -0.392 e. The minimum absolute atomic E-state index is 0.0703. The summed E-state index contributed by atoms with van der Waals surface area (Å²) in [6, 6.07) is 7.77. The molecule has 3 saturated carbocycles. The number of carbonyl (C=O) groups is 1. The van der Waals surface area contributed by atoms with Gasteiger partial charge in [0.25, 0.3) is 0 Å². The van der Waals surface area contributed by atoms with E-state index in [0.29, 0.717) is 24.3 Å². The van der Waals surface area contributed by atoms with E-state index in [2.05, 4.69) is 5.32 Å². The third-order valence-corrected chi connectivity index (χ3v) is 5.71. The monoisotopic (exact) mass is 271 g/mol. The average molecular weight is 271 g/mol. The molecule has 2 N–H and O–H groups in total. The lowest BCUT2D eigenvalue weighted by molar-refractivity contribution is -0.123. The first kappa shape index (κ1) is 12.4. The maximum atomic E-state index is 12.3. The number of hydrogen-bond donors (Lipinski definition) is 2. The van der Waals surface area contributed by atoms with Crippen LogP contribution in [0.25, 0.3) is 0 Å². The summed E-state index contributed by atoms with van der Waals surface area (Å²) in [5.74, 6) is 3.71. The van der Waals surface area contributed by atoms with Crippen LogP contribution in [-0.4, -0.2) is 11.0 Å². The highest BCUT2D eigenvalue weighted by Crippen LogP contribution is 2.69. The lowest BCUT2D eigenvalue weighted by atomic mass is 10.0. The van der Waals surface area contributed by atoms with E-state index in [0.717, 1.165) is 23.0 Å². The molecule has 4 atom stereocenters. The van der Waals surface area contributed by atoms with Gasteiger partial charge < -0.3 is 10.4 Å². The predicted molar refractivity (Wildman–Crippen MR) is 75.5 cm³/mol. The highest BCUT2D eigenvalue weighted by molar-refractivity contribution is 5.82. The van der Waals surface area contributed by atoms with Crippen molar-refractivity contribution in [1.29, 1.82) is 0 Å². The fourth-order valence-electron chi connectivity index (χ4n) is 4.75. The number of carbonyl (C=O) groups excluding carboxylic acids is 1. The van der Waals surface area contributed by atoms with Gasteiger partial charge >= 0.3 is 0 Å². The summed E-state index contributed by atoms with van der Waals surface area (Å²) in [6.07, 6.45) is 4.11. The van der Waals surface area contributed by atoms with E-state index in [1.165, 1.54) is 19.3 Å². The van der Waals surface area contributed by atoms with Crippen LogP contribution in [0.2, 0.25) is 0 Å². The molecule has 3 aliphatic carbocycles. The molecule has 0 spiro atoms. The van der Waals surface area contributed by atoms with Crippen LogP contribution in [0.4, 0.5) is 0 Å². The van der Waals surface area contributed by atoms with Gasteiger partial charge in [0.05, 0.1) is 6.61 Å². The van der Waals surface area contributed by atoms with Gasteiger partial charge in [-0.2, -0.15) is 0 Å². The van der Waals surface area contributed by atoms with Gasteiger partial charge in [-0.1, -0.05) is 24.3 Å². The number of rotatable bonds is 4. The smallest absolute Gasteiger partial charge is 0.223 e. The summed E-state index contributed by atoms with van der Waals surface area (Å²) in [5, 5.41) is 12.1. The molecule has 106 valence electrons. The van der Waals surface area contributed by atoms with Crippen LogP contribution in [0.1, 0.15) is 30.4 Å². The minimum atomic E-state index is 0.0703. The Hall–Kier alpha value is -1.35. The molecule has 3 aliphatic rings. The molecule has 1 aromatic rings. The second kappa shape index (κ2) is 4.59. The van der Waals surface area contributed by atoms with Crippen LogP contribution in [0.3, 0.4) is 0 Å². The van der Waals surface area contributed by atoms with Crippen molar-refractivity contribution in [3.8, 4) is 0 Å². The lowest BCUT2D eigenvalue weighted by Gasteiger charge is -2.10. The Bertz CT molecular complexity index is 508. The molecule has 1 aromatic carbocycles. The molecule has 4 unspecified atom stereocenters. The van der Waals surface area contributed by atoms with Gasteiger partial charge in [-0.15, -0.1) is 0 Å². The highest BCUT2D eigenvalue weighted by Gasteiger charge is 2.67. The Morgan fingerprint density at radius 2 is 1.70 bits per heavy atom. The summed E-state index contributed by atoms with van der Waals surface area (Å²) in [5.41, 5.74) is 2.01. The van der Waals surface area contributed by atoms with E-state index in [9.17, 15) is 4.79 Å².